The van der Waals surface area contributed by atoms with Gasteiger partial charge in [-0.15, -0.1) is 5.10 Å². The van der Waals surface area contributed by atoms with Crippen molar-refractivity contribution in [1.29, 1.82) is 5.41 Å². The van der Waals surface area contributed by atoms with E-state index >= 15 is 0 Å². The van der Waals surface area contributed by atoms with Gasteiger partial charge in [0, 0.05) is 48.5 Å². The fraction of sp³-hybridized carbons (Fsp3) is 0.167. The Hall–Kier alpha value is -4.20. The second-order valence-electron chi connectivity index (χ2n) is 7.57. The van der Waals surface area contributed by atoms with E-state index < -0.39 is 0 Å². The molecule has 0 saturated carbocycles. The lowest BCUT2D eigenvalue weighted by Crippen LogP contribution is -2.08. The van der Waals surface area contributed by atoms with Crippen molar-refractivity contribution in [3.05, 3.63) is 84.1 Å². The summed E-state index contributed by atoms with van der Waals surface area (Å²) in [6, 6.07) is 11.3. The largest absolute Gasteiger partial charge is 0.393 e. The highest BCUT2D eigenvalue weighted by Gasteiger charge is 2.13. The minimum atomic E-state index is 0.357. The van der Waals surface area contributed by atoms with Crippen molar-refractivity contribution < 1.29 is 0 Å². The highest BCUT2D eigenvalue weighted by atomic mass is 15.2. The molecule has 0 aliphatic heterocycles. The summed E-state index contributed by atoms with van der Waals surface area (Å²) < 4.78 is 0. The van der Waals surface area contributed by atoms with Crippen molar-refractivity contribution in [2.45, 2.75) is 19.8 Å². The van der Waals surface area contributed by atoms with Crippen LogP contribution in [0, 0.1) is 5.41 Å². The van der Waals surface area contributed by atoms with Gasteiger partial charge >= 0.3 is 0 Å². The van der Waals surface area contributed by atoms with Gasteiger partial charge in [-0.05, 0) is 47.9 Å². The number of fused-ring (bicyclic) bond motifs is 1. The van der Waals surface area contributed by atoms with Gasteiger partial charge < -0.3 is 10.6 Å². The van der Waals surface area contributed by atoms with Crippen LogP contribution in [0.5, 0.6) is 0 Å². The molecule has 0 unspecified atom stereocenters. The van der Waals surface area contributed by atoms with Crippen LogP contribution in [-0.4, -0.2) is 37.9 Å². The molecule has 8 heteroatoms. The van der Waals surface area contributed by atoms with Crippen LogP contribution >= 0.6 is 0 Å². The fourth-order valence-electron chi connectivity index (χ4n) is 3.23. The molecule has 0 bridgehead atoms. The van der Waals surface area contributed by atoms with E-state index in [-0.39, 0.29) is 0 Å². The first-order valence-electron chi connectivity index (χ1n) is 10.3. The molecule has 0 radical (unpaired) electrons. The molecule has 4 aromatic heterocycles. The number of nitrogens with one attached hydrogen (secondary N) is 3. The normalized spacial score (nSPS) is 11.6. The molecule has 0 fully saturated rings. The van der Waals surface area contributed by atoms with E-state index in [1.54, 1.807) is 38.0 Å². The summed E-state index contributed by atoms with van der Waals surface area (Å²) in [6.45, 7) is 4.23. The summed E-state index contributed by atoms with van der Waals surface area (Å²) in [6.07, 6.45) is 8.67. The minimum Gasteiger partial charge on any atom is -0.393 e. The highest BCUT2D eigenvalue weighted by Crippen LogP contribution is 2.24. The van der Waals surface area contributed by atoms with Crippen LogP contribution in [0.25, 0.3) is 16.6 Å². The van der Waals surface area contributed by atoms with Gasteiger partial charge in [0.2, 0.25) is 0 Å². The number of pyridine rings is 3. The molecule has 4 heterocycles. The number of nitrogens with zero attached hydrogens (tertiary/aromatic N) is 5. The second-order valence-corrected chi connectivity index (χ2v) is 7.57. The lowest BCUT2D eigenvalue weighted by molar-refractivity contribution is 0.843. The predicted octanol–water partition coefficient (Wildman–Crippen LogP) is 4.31. The van der Waals surface area contributed by atoms with Crippen molar-refractivity contribution in [1.82, 2.24) is 30.5 Å². The van der Waals surface area contributed by atoms with Gasteiger partial charge in [0.25, 0.3) is 0 Å². The van der Waals surface area contributed by atoms with E-state index in [4.69, 9.17) is 10.4 Å². The smallest absolute Gasteiger partial charge is 0.154 e. The number of aromatic nitrogens is 5. The van der Waals surface area contributed by atoms with Crippen LogP contribution in [0.1, 0.15) is 36.5 Å². The maximum Gasteiger partial charge on any atom is 0.154 e. The summed E-state index contributed by atoms with van der Waals surface area (Å²) >= 11 is 0. The first-order valence-corrected chi connectivity index (χ1v) is 10.3. The first-order chi connectivity index (χ1) is 15.5. The van der Waals surface area contributed by atoms with Crippen molar-refractivity contribution in [3.63, 3.8) is 0 Å². The number of rotatable bonds is 7. The molecular formula is C24H24N8. The third-order valence-corrected chi connectivity index (χ3v) is 4.97. The van der Waals surface area contributed by atoms with Crippen molar-refractivity contribution in [3.8, 4) is 0 Å². The van der Waals surface area contributed by atoms with E-state index in [0.717, 1.165) is 22.2 Å². The van der Waals surface area contributed by atoms with Crippen LogP contribution in [0.3, 0.4) is 0 Å². The Morgan fingerprint density at radius 1 is 0.969 bits per heavy atom. The summed E-state index contributed by atoms with van der Waals surface area (Å²) in [5, 5.41) is 23.2. The summed E-state index contributed by atoms with van der Waals surface area (Å²) in [5.74, 6) is 1.65. The van der Waals surface area contributed by atoms with Crippen LogP contribution < -0.4 is 10.6 Å². The average molecular weight is 425 g/mol. The Morgan fingerprint density at radius 2 is 1.78 bits per heavy atom. The van der Waals surface area contributed by atoms with Gasteiger partial charge in [-0.1, -0.05) is 13.8 Å². The molecule has 0 aliphatic carbocycles. The molecule has 0 aromatic carbocycles. The zero-order chi connectivity index (χ0) is 22.5. The summed E-state index contributed by atoms with van der Waals surface area (Å²) in [5.41, 5.74) is 5.23. The van der Waals surface area contributed by atoms with Crippen molar-refractivity contribution >= 4 is 34.0 Å². The van der Waals surface area contributed by atoms with Gasteiger partial charge in [0.05, 0.1) is 22.9 Å². The Labute approximate surface area is 186 Å². The third kappa shape index (κ3) is 4.59. The van der Waals surface area contributed by atoms with E-state index in [9.17, 15) is 0 Å². The molecule has 0 saturated heterocycles. The Morgan fingerprint density at radius 3 is 2.53 bits per heavy atom. The van der Waals surface area contributed by atoms with E-state index in [1.807, 2.05) is 36.4 Å². The monoisotopic (exact) mass is 424 g/mol. The van der Waals surface area contributed by atoms with E-state index in [0.29, 0.717) is 34.4 Å². The van der Waals surface area contributed by atoms with Gasteiger partial charge in [-0.3, -0.25) is 15.4 Å². The molecule has 0 atom stereocenters. The molecule has 0 aliphatic rings. The minimum absolute atomic E-state index is 0.357. The molecule has 4 rings (SSSR count). The lowest BCUT2D eigenvalue weighted by atomic mass is 9.98. The molecule has 32 heavy (non-hydrogen) atoms. The van der Waals surface area contributed by atoms with Crippen LogP contribution in [0.4, 0.5) is 11.6 Å². The van der Waals surface area contributed by atoms with Gasteiger partial charge in [0.15, 0.2) is 5.82 Å². The molecule has 3 N–H and O–H groups in total. The zero-order valence-electron chi connectivity index (χ0n) is 18.2. The highest BCUT2D eigenvalue weighted by molar-refractivity contribution is 6.30. The Bertz CT molecular complexity index is 1280. The van der Waals surface area contributed by atoms with Gasteiger partial charge in [-0.25, -0.2) is 4.98 Å². The maximum atomic E-state index is 8.67. The number of hydrogen-bond acceptors (Lipinski definition) is 8. The van der Waals surface area contributed by atoms with Crippen LogP contribution in [-0.2, 0) is 0 Å². The van der Waals surface area contributed by atoms with Crippen LogP contribution in [0.2, 0.25) is 0 Å². The Balaban J connectivity index is 1.67. The Kier molecular flexibility index (Phi) is 6.12. The van der Waals surface area contributed by atoms with Gasteiger partial charge in [0.1, 0.15) is 5.82 Å². The summed E-state index contributed by atoms with van der Waals surface area (Å²) in [4.78, 5) is 13.3. The average Bonchev–Trinajstić information content (AvgIpc) is 2.82. The third-order valence-electron chi connectivity index (χ3n) is 4.97. The van der Waals surface area contributed by atoms with Gasteiger partial charge in [-0.2, -0.15) is 5.10 Å². The molecular weight excluding hydrogens is 400 g/mol. The van der Waals surface area contributed by atoms with Crippen molar-refractivity contribution in [2.75, 3.05) is 12.4 Å². The van der Waals surface area contributed by atoms with E-state index in [2.05, 4.69) is 44.6 Å². The number of allylic oxidation sites excluding steroid dienone is 1. The molecule has 4 aromatic rings. The quantitative estimate of drug-likeness (QED) is 0.379. The SMILES string of the molecule is CN/C=C(\C(=N)c1ccncc1)c1cnc2ccc(Nc3cc(C(C)C)cnn3)nc2c1. The van der Waals surface area contributed by atoms with Crippen molar-refractivity contribution in [2.24, 2.45) is 0 Å². The lowest BCUT2D eigenvalue weighted by Gasteiger charge is -2.11. The molecule has 160 valence electrons. The first kappa shape index (κ1) is 21.0. The number of hydrogen-bond donors (Lipinski definition) is 3. The fourth-order valence-corrected chi connectivity index (χ4v) is 3.23. The molecule has 8 nitrogen and oxygen atoms in total. The summed E-state index contributed by atoms with van der Waals surface area (Å²) in [7, 11) is 1.81. The maximum absolute atomic E-state index is 8.67. The second kappa shape index (κ2) is 9.30. The van der Waals surface area contributed by atoms with E-state index in [1.165, 1.54) is 0 Å². The molecule has 0 spiro atoms. The number of anilines is 2. The zero-order valence-corrected chi connectivity index (χ0v) is 18.2. The standard InChI is InChI=1S/C24H24N8/c1-15(2)17-11-23(32-29-13-17)31-22-5-4-20-21(30-22)10-18(12-28-20)19(14-26-3)24(25)16-6-8-27-9-7-16/h4-15,25-26H,1-3H3,(H,30,31,32)/b19-14-,25-24?. The topological polar surface area (TPSA) is 112 Å². The predicted molar refractivity (Wildman–Crippen MR) is 127 cm³/mol. The van der Waals surface area contributed by atoms with Crippen LogP contribution in [0.15, 0.2) is 67.4 Å². The molecule has 0 amide bonds.